The van der Waals surface area contributed by atoms with Crippen molar-refractivity contribution >= 4 is 27.7 Å². The molecule has 0 saturated heterocycles. The maximum Gasteiger partial charge on any atom is 0.303 e. The topological polar surface area (TPSA) is 131 Å². The highest BCUT2D eigenvalue weighted by Crippen LogP contribution is 2.24. The number of hydrogen-bond donors (Lipinski definition) is 4. The minimum atomic E-state index is -3.91. The van der Waals surface area contributed by atoms with Gasteiger partial charge in [0.25, 0.3) is 11.8 Å². The van der Waals surface area contributed by atoms with Crippen molar-refractivity contribution in [3.63, 3.8) is 0 Å². The maximum absolute atomic E-state index is 13.7. The first kappa shape index (κ1) is 32.2. The molecule has 4 N–H and O–H groups in total. The zero-order chi connectivity index (χ0) is 31.1. The number of amides is 2. The first-order chi connectivity index (χ1) is 20.5. The van der Waals surface area contributed by atoms with Gasteiger partial charge in [-0.2, -0.15) is 12.7 Å². The zero-order valence-corrected chi connectivity index (χ0v) is 25.8. The van der Waals surface area contributed by atoms with Crippen LogP contribution in [0.25, 0.3) is 0 Å². The van der Waals surface area contributed by atoms with Crippen molar-refractivity contribution in [1.82, 2.24) is 20.3 Å². The molecule has 43 heavy (non-hydrogen) atoms. The van der Waals surface area contributed by atoms with Crippen LogP contribution in [0.3, 0.4) is 0 Å². The Labute approximate surface area is 254 Å². The molecule has 0 aliphatic heterocycles. The van der Waals surface area contributed by atoms with Crippen LogP contribution in [0.2, 0.25) is 0 Å². The first-order valence-electron chi connectivity index (χ1n) is 14.4. The number of anilines is 1. The van der Waals surface area contributed by atoms with E-state index in [4.69, 9.17) is 0 Å². The van der Waals surface area contributed by atoms with Gasteiger partial charge in [-0.15, -0.1) is 0 Å². The van der Waals surface area contributed by atoms with Crippen molar-refractivity contribution in [3.8, 4) is 0 Å². The lowest BCUT2D eigenvalue weighted by Gasteiger charge is -2.26. The maximum atomic E-state index is 13.7. The number of nitrogens with zero attached hydrogens (tertiary/aromatic N) is 2. The number of aliphatic hydroxyl groups is 1. The van der Waals surface area contributed by atoms with E-state index in [0.717, 1.165) is 32.6 Å². The van der Waals surface area contributed by atoms with E-state index in [1.54, 1.807) is 0 Å². The average Bonchev–Trinajstić information content (AvgIpc) is 3.84. The van der Waals surface area contributed by atoms with E-state index in [9.17, 15) is 23.1 Å². The van der Waals surface area contributed by atoms with E-state index in [-0.39, 0.29) is 22.9 Å². The highest BCUT2D eigenvalue weighted by atomic mass is 32.2. The van der Waals surface area contributed by atoms with Gasteiger partial charge < -0.3 is 21.1 Å². The van der Waals surface area contributed by atoms with Crippen molar-refractivity contribution in [2.24, 2.45) is 0 Å². The molecular weight excluding hydrogens is 566 g/mol. The van der Waals surface area contributed by atoms with Crippen molar-refractivity contribution in [2.45, 2.75) is 50.4 Å². The summed E-state index contributed by atoms with van der Waals surface area (Å²) >= 11 is 0. The Morgan fingerprint density at radius 2 is 1.44 bits per heavy atom. The number of hydrogen-bond acceptors (Lipinski definition) is 6. The quantitative estimate of drug-likeness (QED) is 0.223. The normalized spacial score (nSPS) is 15.4. The number of rotatable bonds is 14. The number of carbonyl (C=O) groups excluding carboxylic acids is 2. The predicted molar refractivity (Wildman–Crippen MR) is 168 cm³/mol. The van der Waals surface area contributed by atoms with Crippen LogP contribution < -0.4 is 20.3 Å². The molecule has 3 atom stereocenters. The van der Waals surface area contributed by atoms with Crippen LogP contribution in [0.4, 0.5) is 5.69 Å². The average molecular weight is 608 g/mol. The van der Waals surface area contributed by atoms with E-state index < -0.39 is 34.2 Å². The molecule has 0 aromatic heterocycles. The van der Waals surface area contributed by atoms with E-state index in [0.29, 0.717) is 19.0 Å². The van der Waals surface area contributed by atoms with Crippen molar-refractivity contribution in [1.29, 1.82) is 0 Å². The van der Waals surface area contributed by atoms with Gasteiger partial charge in [-0.3, -0.25) is 13.9 Å². The second-order valence-electron chi connectivity index (χ2n) is 11.2. The van der Waals surface area contributed by atoms with Gasteiger partial charge in [0.1, 0.15) is 0 Å². The van der Waals surface area contributed by atoms with Gasteiger partial charge in [0.2, 0.25) is 0 Å². The van der Waals surface area contributed by atoms with Crippen LogP contribution in [-0.2, 0) is 16.6 Å². The summed E-state index contributed by atoms with van der Waals surface area (Å²) in [5.41, 5.74) is 2.21. The van der Waals surface area contributed by atoms with Gasteiger partial charge in [-0.05, 0) is 55.5 Å². The Bertz CT molecular complexity index is 1500. The van der Waals surface area contributed by atoms with E-state index in [2.05, 4.69) is 16.0 Å². The highest BCUT2D eigenvalue weighted by molar-refractivity contribution is 7.90. The molecule has 11 heteroatoms. The number of aliphatic hydroxyl groups excluding tert-OH is 1. The smallest absolute Gasteiger partial charge is 0.303 e. The SMILES string of the molecule is C[C@@H](NC(=O)c1cc(C(=O)N[C@@H](Cc2ccccc2)[C@H](O)CNC2CC2)cc(N(C)S(=O)(=O)N(C)C)c1)c1ccccc1. The van der Waals surface area contributed by atoms with Gasteiger partial charge in [-0.1, -0.05) is 60.7 Å². The largest absolute Gasteiger partial charge is 0.390 e. The molecule has 1 saturated carbocycles. The molecule has 0 bridgehead atoms. The lowest BCUT2D eigenvalue weighted by Crippen LogP contribution is -2.49. The molecule has 0 unspecified atom stereocenters. The Morgan fingerprint density at radius 1 is 0.884 bits per heavy atom. The first-order valence-corrected chi connectivity index (χ1v) is 15.8. The number of benzene rings is 3. The lowest BCUT2D eigenvalue weighted by molar-refractivity contribution is 0.0830. The predicted octanol–water partition coefficient (Wildman–Crippen LogP) is 2.87. The Kier molecular flexibility index (Phi) is 10.6. The molecule has 10 nitrogen and oxygen atoms in total. The van der Waals surface area contributed by atoms with E-state index in [1.165, 1.54) is 39.3 Å². The van der Waals surface area contributed by atoms with Crippen LogP contribution >= 0.6 is 0 Å². The van der Waals surface area contributed by atoms with Gasteiger partial charge in [0.05, 0.1) is 23.9 Å². The fraction of sp³-hybridized carbons (Fsp3) is 0.375. The Balaban J connectivity index is 1.64. The molecule has 0 heterocycles. The summed E-state index contributed by atoms with van der Waals surface area (Å²) < 4.78 is 28.0. The minimum Gasteiger partial charge on any atom is -0.390 e. The van der Waals surface area contributed by atoms with Crippen LogP contribution in [0, 0.1) is 0 Å². The second-order valence-corrected chi connectivity index (χ2v) is 13.3. The van der Waals surface area contributed by atoms with Crippen LogP contribution in [0.15, 0.2) is 78.9 Å². The molecule has 0 radical (unpaired) electrons. The molecule has 1 aliphatic rings. The molecular formula is C32H41N5O5S. The third-order valence-electron chi connectivity index (χ3n) is 7.53. The molecule has 4 rings (SSSR count). The highest BCUT2D eigenvalue weighted by Gasteiger charge is 2.28. The van der Waals surface area contributed by atoms with Gasteiger partial charge in [0.15, 0.2) is 0 Å². The van der Waals surface area contributed by atoms with Crippen LogP contribution in [0.1, 0.15) is 57.7 Å². The van der Waals surface area contributed by atoms with Crippen molar-refractivity contribution in [3.05, 3.63) is 101 Å². The summed E-state index contributed by atoms with van der Waals surface area (Å²) in [6, 6.07) is 22.7. The van der Waals surface area contributed by atoms with Crippen molar-refractivity contribution in [2.75, 3.05) is 32.0 Å². The summed E-state index contributed by atoms with van der Waals surface area (Å²) in [6.07, 6.45) is 1.63. The second kappa shape index (κ2) is 14.1. The Morgan fingerprint density at radius 3 is 2.00 bits per heavy atom. The lowest BCUT2D eigenvalue weighted by atomic mass is 10.00. The fourth-order valence-electron chi connectivity index (χ4n) is 4.66. The zero-order valence-electron chi connectivity index (χ0n) is 25.0. The number of carbonyl (C=O) groups is 2. The summed E-state index contributed by atoms with van der Waals surface area (Å²) in [5, 5.41) is 20.3. The summed E-state index contributed by atoms with van der Waals surface area (Å²) in [6.45, 7) is 2.16. The molecule has 1 aliphatic carbocycles. The molecule has 2 amide bonds. The third kappa shape index (κ3) is 8.64. The van der Waals surface area contributed by atoms with E-state index >= 15 is 0 Å². The third-order valence-corrected chi connectivity index (χ3v) is 9.36. The summed E-state index contributed by atoms with van der Waals surface area (Å²) in [5.74, 6) is -0.994. The Hall–Kier alpha value is -3.77. The molecule has 1 fully saturated rings. The monoisotopic (exact) mass is 607 g/mol. The fourth-order valence-corrected chi connectivity index (χ4v) is 5.52. The molecule has 3 aromatic carbocycles. The van der Waals surface area contributed by atoms with Gasteiger partial charge >= 0.3 is 10.2 Å². The summed E-state index contributed by atoms with van der Waals surface area (Å²) in [4.78, 5) is 27.1. The summed E-state index contributed by atoms with van der Waals surface area (Å²) in [7, 11) is 0.266. The molecule has 230 valence electrons. The van der Waals surface area contributed by atoms with Crippen LogP contribution in [0.5, 0.6) is 0 Å². The molecule has 0 spiro atoms. The van der Waals surface area contributed by atoms with Crippen LogP contribution in [-0.4, -0.2) is 75.5 Å². The van der Waals surface area contributed by atoms with Gasteiger partial charge in [0, 0.05) is 44.9 Å². The van der Waals surface area contributed by atoms with Gasteiger partial charge in [-0.25, -0.2) is 0 Å². The number of nitrogens with one attached hydrogen (secondary N) is 3. The standard InChI is InChI=1S/C32H41N5O5S/c1-22(24-13-9-6-10-14-24)34-31(39)25-18-26(20-28(19-25)37(4)43(41,42)36(2)3)32(40)35-29(17-23-11-7-5-8-12-23)30(38)21-33-27-15-16-27/h5-14,18-20,22,27,29-30,33,38H,15-17,21H2,1-4H3,(H,34,39)(H,35,40)/t22-,29+,30-/m1/s1. The van der Waals surface area contributed by atoms with E-state index in [1.807, 2.05) is 67.6 Å². The molecule has 3 aromatic rings. The van der Waals surface area contributed by atoms with Crippen molar-refractivity contribution < 1.29 is 23.1 Å². The minimum absolute atomic E-state index is 0.0937.